The van der Waals surface area contributed by atoms with Crippen molar-refractivity contribution < 1.29 is 22.3 Å². The van der Waals surface area contributed by atoms with Crippen LogP contribution in [0, 0.1) is 17.6 Å². The van der Waals surface area contributed by atoms with Gasteiger partial charge in [0.1, 0.15) is 11.6 Å². The zero-order valence-corrected chi connectivity index (χ0v) is 11.0. The van der Waals surface area contributed by atoms with Gasteiger partial charge in [-0.05, 0) is 30.9 Å². The maximum atomic E-state index is 13.1. The van der Waals surface area contributed by atoms with Gasteiger partial charge in [-0.1, -0.05) is 0 Å². The Kier molecular flexibility index (Phi) is 4.17. The van der Waals surface area contributed by atoms with Crippen molar-refractivity contribution in [2.75, 3.05) is 19.7 Å². The molecule has 0 bridgehead atoms. The first-order valence-electron chi connectivity index (χ1n) is 6.00. The van der Waals surface area contributed by atoms with E-state index in [1.807, 2.05) is 0 Å². The first-order chi connectivity index (χ1) is 8.93. The summed E-state index contributed by atoms with van der Waals surface area (Å²) < 4.78 is 51.8. The first kappa shape index (κ1) is 14.4. The van der Waals surface area contributed by atoms with E-state index in [4.69, 9.17) is 5.11 Å². The number of hydrogen-bond acceptors (Lipinski definition) is 3. The number of rotatable bonds is 3. The fourth-order valence-electron chi connectivity index (χ4n) is 2.16. The predicted octanol–water partition coefficient (Wildman–Crippen LogP) is 1.36. The molecule has 1 fully saturated rings. The van der Waals surface area contributed by atoms with Crippen molar-refractivity contribution in [2.24, 2.45) is 5.92 Å². The molecule has 0 spiro atoms. The Morgan fingerprint density at radius 2 is 1.68 bits per heavy atom. The zero-order chi connectivity index (χ0) is 14.0. The van der Waals surface area contributed by atoms with Crippen LogP contribution in [0.1, 0.15) is 12.8 Å². The Morgan fingerprint density at radius 1 is 1.16 bits per heavy atom. The number of aliphatic hydroxyl groups is 1. The smallest absolute Gasteiger partial charge is 0.243 e. The highest BCUT2D eigenvalue weighted by molar-refractivity contribution is 7.89. The van der Waals surface area contributed by atoms with E-state index in [9.17, 15) is 17.2 Å². The number of hydrogen-bond donors (Lipinski definition) is 1. The van der Waals surface area contributed by atoms with Gasteiger partial charge in [-0.15, -0.1) is 0 Å². The molecule has 7 heteroatoms. The summed E-state index contributed by atoms with van der Waals surface area (Å²) in [5.74, 6) is -1.73. The number of halogens is 2. The Bertz CT molecular complexity index is 534. The lowest BCUT2D eigenvalue weighted by Crippen LogP contribution is -2.39. The van der Waals surface area contributed by atoms with Gasteiger partial charge in [0.05, 0.1) is 4.90 Å². The molecule has 19 heavy (non-hydrogen) atoms. The molecule has 1 aliphatic heterocycles. The highest BCUT2D eigenvalue weighted by atomic mass is 32.2. The summed E-state index contributed by atoms with van der Waals surface area (Å²) in [4.78, 5) is -0.368. The Labute approximate surface area is 110 Å². The lowest BCUT2D eigenvalue weighted by Gasteiger charge is -2.30. The normalized spacial score (nSPS) is 18.7. The molecule has 0 amide bonds. The van der Waals surface area contributed by atoms with Crippen molar-refractivity contribution in [1.82, 2.24) is 4.31 Å². The number of benzene rings is 1. The molecule has 0 aromatic heterocycles. The third-order valence-electron chi connectivity index (χ3n) is 3.31. The van der Waals surface area contributed by atoms with Gasteiger partial charge in [0, 0.05) is 25.8 Å². The quantitative estimate of drug-likeness (QED) is 0.915. The fourth-order valence-corrected chi connectivity index (χ4v) is 3.67. The summed E-state index contributed by atoms with van der Waals surface area (Å²) in [6.45, 7) is 0.542. The van der Waals surface area contributed by atoms with Crippen LogP contribution in [0.2, 0.25) is 0 Å². The van der Waals surface area contributed by atoms with Crippen LogP contribution in [0.5, 0.6) is 0 Å². The third-order valence-corrected chi connectivity index (χ3v) is 5.18. The third kappa shape index (κ3) is 3.10. The average molecular weight is 291 g/mol. The maximum Gasteiger partial charge on any atom is 0.243 e. The van der Waals surface area contributed by atoms with Gasteiger partial charge in [0.25, 0.3) is 0 Å². The molecule has 1 aliphatic rings. The monoisotopic (exact) mass is 291 g/mol. The second-order valence-corrected chi connectivity index (χ2v) is 6.57. The number of aliphatic hydroxyl groups excluding tert-OH is 1. The van der Waals surface area contributed by atoms with Crippen LogP contribution in [0.3, 0.4) is 0 Å². The number of nitrogens with zero attached hydrogens (tertiary/aromatic N) is 1. The van der Waals surface area contributed by atoms with E-state index >= 15 is 0 Å². The summed E-state index contributed by atoms with van der Waals surface area (Å²) in [7, 11) is -3.87. The van der Waals surface area contributed by atoms with Gasteiger partial charge in [-0.25, -0.2) is 17.2 Å². The van der Waals surface area contributed by atoms with E-state index in [1.165, 1.54) is 4.31 Å². The van der Waals surface area contributed by atoms with Crippen LogP contribution >= 0.6 is 0 Å². The second kappa shape index (κ2) is 5.52. The fraction of sp³-hybridized carbons (Fsp3) is 0.500. The zero-order valence-electron chi connectivity index (χ0n) is 10.2. The minimum Gasteiger partial charge on any atom is -0.396 e. The molecule has 106 valence electrons. The summed E-state index contributed by atoms with van der Waals surface area (Å²) in [6.07, 6.45) is 1.10. The molecule has 1 aromatic carbocycles. The summed E-state index contributed by atoms with van der Waals surface area (Å²) in [6, 6.07) is 2.27. The van der Waals surface area contributed by atoms with E-state index < -0.39 is 21.7 Å². The molecule has 1 heterocycles. The van der Waals surface area contributed by atoms with Gasteiger partial charge in [-0.2, -0.15) is 4.31 Å². The summed E-state index contributed by atoms with van der Waals surface area (Å²) >= 11 is 0. The van der Waals surface area contributed by atoms with E-state index in [-0.39, 0.29) is 30.5 Å². The SMILES string of the molecule is O=S(=O)(c1cc(F)cc(F)c1)N1CCC(CO)CC1. The van der Waals surface area contributed by atoms with Crippen molar-refractivity contribution in [3.63, 3.8) is 0 Å². The van der Waals surface area contributed by atoms with Crippen molar-refractivity contribution in [2.45, 2.75) is 17.7 Å². The largest absolute Gasteiger partial charge is 0.396 e. The Hall–Kier alpha value is -1.05. The van der Waals surface area contributed by atoms with Crippen molar-refractivity contribution in [1.29, 1.82) is 0 Å². The molecule has 1 aromatic rings. The van der Waals surface area contributed by atoms with Crippen molar-refractivity contribution in [3.05, 3.63) is 29.8 Å². The number of sulfonamides is 1. The topological polar surface area (TPSA) is 57.6 Å². The predicted molar refractivity (Wildman–Crippen MR) is 64.9 cm³/mol. The summed E-state index contributed by atoms with van der Waals surface area (Å²) in [5.41, 5.74) is 0. The van der Waals surface area contributed by atoms with E-state index in [0.717, 1.165) is 12.1 Å². The molecule has 0 aliphatic carbocycles. The van der Waals surface area contributed by atoms with Crippen LogP contribution in [0.4, 0.5) is 8.78 Å². The molecule has 0 saturated carbocycles. The summed E-state index contributed by atoms with van der Waals surface area (Å²) in [5, 5.41) is 9.00. The van der Waals surface area contributed by atoms with Crippen LogP contribution in [-0.4, -0.2) is 37.5 Å². The molecule has 2 rings (SSSR count). The Balaban J connectivity index is 2.23. The minimum atomic E-state index is -3.87. The van der Waals surface area contributed by atoms with Crippen molar-refractivity contribution >= 4 is 10.0 Å². The molecule has 0 atom stereocenters. The van der Waals surface area contributed by atoms with Gasteiger partial charge in [0.2, 0.25) is 10.0 Å². The second-order valence-electron chi connectivity index (χ2n) is 4.64. The molecule has 4 nitrogen and oxygen atoms in total. The average Bonchev–Trinajstić information content (AvgIpc) is 2.37. The molecular weight excluding hydrogens is 276 g/mol. The van der Waals surface area contributed by atoms with E-state index in [2.05, 4.69) is 0 Å². The molecular formula is C12H15F2NO3S. The molecule has 1 saturated heterocycles. The highest BCUT2D eigenvalue weighted by Gasteiger charge is 2.29. The van der Waals surface area contributed by atoms with Crippen LogP contribution < -0.4 is 0 Å². The van der Waals surface area contributed by atoms with Gasteiger partial charge < -0.3 is 5.11 Å². The van der Waals surface area contributed by atoms with Gasteiger partial charge >= 0.3 is 0 Å². The lowest BCUT2D eigenvalue weighted by molar-refractivity contribution is 0.170. The van der Waals surface area contributed by atoms with Crippen molar-refractivity contribution in [3.8, 4) is 0 Å². The Morgan fingerprint density at radius 3 is 2.16 bits per heavy atom. The lowest BCUT2D eigenvalue weighted by atomic mass is 10.00. The first-order valence-corrected chi connectivity index (χ1v) is 7.44. The minimum absolute atomic E-state index is 0.0302. The van der Waals surface area contributed by atoms with Crippen LogP contribution in [0.25, 0.3) is 0 Å². The maximum absolute atomic E-state index is 13.1. The van der Waals surface area contributed by atoms with Crippen LogP contribution in [0.15, 0.2) is 23.1 Å². The van der Waals surface area contributed by atoms with E-state index in [1.54, 1.807) is 0 Å². The standard InChI is InChI=1S/C12H15F2NO3S/c13-10-5-11(14)7-12(6-10)19(17,18)15-3-1-9(8-16)2-4-15/h5-7,9,16H,1-4,8H2. The van der Waals surface area contributed by atoms with Crippen LogP contribution in [-0.2, 0) is 10.0 Å². The van der Waals surface area contributed by atoms with Gasteiger partial charge in [0.15, 0.2) is 0 Å². The van der Waals surface area contributed by atoms with Gasteiger partial charge in [-0.3, -0.25) is 0 Å². The molecule has 1 N–H and O–H groups in total. The highest BCUT2D eigenvalue weighted by Crippen LogP contribution is 2.24. The number of piperidine rings is 1. The molecule has 0 radical (unpaired) electrons. The van der Waals surface area contributed by atoms with E-state index in [0.29, 0.717) is 18.9 Å². The molecule has 0 unspecified atom stereocenters.